The van der Waals surface area contributed by atoms with Crippen LogP contribution in [-0.2, 0) is 13.6 Å². The molecule has 0 aliphatic rings. The van der Waals surface area contributed by atoms with Crippen molar-refractivity contribution in [3.05, 3.63) is 0 Å². The predicted octanol–water partition coefficient (Wildman–Crippen LogP) is 3.08. The molecule has 0 saturated heterocycles. The molecule has 0 aliphatic carbocycles. The van der Waals surface area contributed by atoms with Crippen molar-refractivity contribution in [1.82, 2.24) is 4.90 Å². The second-order valence-electron chi connectivity index (χ2n) is 3.05. The van der Waals surface area contributed by atoms with Gasteiger partial charge in [0.15, 0.2) is 5.81 Å². The van der Waals surface area contributed by atoms with E-state index in [9.17, 15) is 4.57 Å². The molecule has 0 amide bonds. The van der Waals surface area contributed by atoms with Crippen LogP contribution in [0.4, 0.5) is 0 Å². The Hall–Kier alpha value is -0.400. The molecule has 0 unspecified atom stereocenters. The van der Waals surface area contributed by atoms with Crippen molar-refractivity contribution in [2.45, 2.75) is 34.6 Å². The molecular weight excluding hydrogens is 239 g/mol. The topological polar surface area (TPSA) is 62.6 Å². The van der Waals surface area contributed by atoms with E-state index in [1.165, 1.54) is 25.4 Å². The summed E-state index contributed by atoms with van der Waals surface area (Å²) in [6.45, 7) is 13.9. The highest BCUT2D eigenvalue weighted by molar-refractivity contribution is 7.59. The molecule has 0 spiro atoms. The maximum absolute atomic E-state index is 11.0. The van der Waals surface area contributed by atoms with Crippen LogP contribution in [0.25, 0.3) is 0 Å². The van der Waals surface area contributed by atoms with Gasteiger partial charge in [-0.1, -0.05) is 20.8 Å². The van der Waals surface area contributed by atoms with E-state index < -0.39 is 7.60 Å². The van der Waals surface area contributed by atoms with Gasteiger partial charge in [-0.2, -0.15) is 5.26 Å². The molecule has 0 rings (SSSR count). The van der Waals surface area contributed by atoms with Gasteiger partial charge in [-0.3, -0.25) is 9.05 Å². The molecule has 0 saturated carbocycles. The molecule has 102 valence electrons. The summed E-state index contributed by atoms with van der Waals surface area (Å²) in [5, 5.41) is 8.28. The summed E-state index contributed by atoms with van der Waals surface area (Å²) < 4.78 is 20.2. The van der Waals surface area contributed by atoms with E-state index in [0.717, 1.165) is 0 Å². The van der Waals surface area contributed by atoms with E-state index in [1.54, 1.807) is 13.8 Å². The van der Waals surface area contributed by atoms with Gasteiger partial charge in [0, 0.05) is 0 Å². The molecule has 0 radical (unpaired) electrons. The first-order chi connectivity index (χ1) is 8.03. The number of nitrogens with zero attached hydrogens (tertiary/aromatic N) is 2. The fourth-order valence-corrected chi connectivity index (χ4v) is 1.98. The summed E-state index contributed by atoms with van der Waals surface area (Å²) in [4.78, 5) is 2.38. The quantitative estimate of drug-likeness (QED) is 0.661. The molecule has 0 aliphatic heterocycles. The lowest BCUT2D eigenvalue weighted by molar-refractivity contribution is 0.230. The second kappa shape index (κ2) is 12.1. The van der Waals surface area contributed by atoms with Crippen molar-refractivity contribution in [3.63, 3.8) is 0 Å². The van der Waals surface area contributed by atoms with Gasteiger partial charge < -0.3 is 4.90 Å². The largest absolute Gasteiger partial charge is 0.431 e. The van der Waals surface area contributed by atoms with Crippen LogP contribution in [-0.4, -0.2) is 37.7 Å². The third kappa shape index (κ3) is 10.5. The summed E-state index contributed by atoms with van der Waals surface area (Å²) in [7, 11) is -3.39. The summed E-state index contributed by atoms with van der Waals surface area (Å²) >= 11 is 0. The summed E-state index contributed by atoms with van der Waals surface area (Å²) in [6.07, 6.45) is 0. The van der Waals surface area contributed by atoms with Gasteiger partial charge >= 0.3 is 7.60 Å². The van der Waals surface area contributed by atoms with Gasteiger partial charge in [0.05, 0.1) is 13.2 Å². The minimum atomic E-state index is -3.39. The van der Waals surface area contributed by atoms with E-state index in [1.807, 2.05) is 0 Å². The maximum atomic E-state index is 11.0. The fraction of sp³-hybridized carbons (Fsp3) is 0.909. The molecule has 0 bridgehead atoms. The van der Waals surface area contributed by atoms with Gasteiger partial charge in [-0.05, 0) is 33.5 Å². The Morgan fingerprint density at radius 3 is 1.47 bits per heavy atom. The van der Waals surface area contributed by atoms with E-state index in [4.69, 9.17) is 5.26 Å². The Morgan fingerprint density at radius 1 is 1.00 bits per heavy atom. The number of rotatable bonds is 7. The summed E-state index contributed by atoms with van der Waals surface area (Å²) in [6, 6.07) is 0. The minimum absolute atomic E-state index is 0.227. The highest BCUT2D eigenvalue weighted by atomic mass is 31.2. The van der Waals surface area contributed by atoms with E-state index in [-0.39, 0.29) is 13.2 Å². The molecule has 17 heavy (non-hydrogen) atoms. The number of hydrogen-bond donors (Lipinski definition) is 0. The van der Waals surface area contributed by atoms with E-state index >= 15 is 0 Å². The monoisotopic (exact) mass is 264 g/mol. The maximum Gasteiger partial charge on any atom is 0.431 e. The Morgan fingerprint density at radius 2 is 1.35 bits per heavy atom. The molecule has 0 aromatic heterocycles. The molecule has 5 nitrogen and oxygen atoms in total. The van der Waals surface area contributed by atoms with Crippen LogP contribution < -0.4 is 0 Å². The molecule has 0 aromatic rings. The molecule has 0 fully saturated rings. The van der Waals surface area contributed by atoms with Gasteiger partial charge in [0.25, 0.3) is 0 Å². The zero-order valence-corrected chi connectivity index (χ0v) is 12.5. The van der Waals surface area contributed by atoms with Gasteiger partial charge in [0.1, 0.15) is 0 Å². The average Bonchev–Trinajstić information content (AvgIpc) is 2.33. The Labute approximate surface area is 105 Å². The number of nitriles is 1. The molecule has 0 heterocycles. The SMILES string of the molecule is CCN(CC)CC.CCOP(=O)(C#N)OCC. The van der Waals surface area contributed by atoms with Crippen LogP contribution in [0, 0.1) is 11.1 Å². The first kappa shape index (κ1) is 19.0. The molecule has 0 N–H and O–H groups in total. The van der Waals surface area contributed by atoms with Crippen molar-refractivity contribution in [1.29, 1.82) is 5.26 Å². The lowest BCUT2D eigenvalue weighted by Crippen LogP contribution is -2.21. The summed E-state index contributed by atoms with van der Waals surface area (Å²) in [5.41, 5.74) is 0. The lowest BCUT2D eigenvalue weighted by Gasteiger charge is -2.13. The standard InChI is InChI=1S/C6H15N.C5H10NO3P/c1-4-7(5-2)6-3;1-3-8-10(7,5-6)9-4-2/h4-6H2,1-3H3;3-4H2,1-2H3. The highest BCUT2D eigenvalue weighted by Gasteiger charge is 2.21. The van der Waals surface area contributed by atoms with Crippen LogP contribution in [0.15, 0.2) is 0 Å². The van der Waals surface area contributed by atoms with Crippen molar-refractivity contribution in [2.24, 2.45) is 0 Å². The van der Waals surface area contributed by atoms with E-state index in [2.05, 4.69) is 34.7 Å². The first-order valence-electron chi connectivity index (χ1n) is 6.06. The van der Waals surface area contributed by atoms with Crippen LogP contribution in [0.5, 0.6) is 0 Å². The number of hydrogen-bond acceptors (Lipinski definition) is 5. The third-order valence-corrected chi connectivity index (χ3v) is 3.50. The third-order valence-electron chi connectivity index (χ3n) is 2.06. The molecule has 0 atom stereocenters. The first-order valence-corrected chi connectivity index (χ1v) is 7.60. The zero-order chi connectivity index (χ0) is 13.7. The second-order valence-corrected chi connectivity index (χ2v) is 4.76. The zero-order valence-electron chi connectivity index (χ0n) is 11.6. The van der Waals surface area contributed by atoms with Crippen molar-refractivity contribution in [2.75, 3.05) is 32.8 Å². The van der Waals surface area contributed by atoms with Gasteiger partial charge in [-0.15, -0.1) is 0 Å². The average molecular weight is 264 g/mol. The highest BCUT2D eigenvalue weighted by Crippen LogP contribution is 2.46. The molecular formula is C11H25N2O3P. The minimum Gasteiger partial charge on any atom is -0.304 e. The van der Waals surface area contributed by atoms with Crippen LogP contribution in [0.1, 0.15) is 34.6 Å². The Balaban J connectivity index is 0. The van der Waals surface area contributed by atoms with Crippen LogP contribution >= 0.6 is 7.60 Å². The van der Waals surface area contributed by atoms with Crippen molar-refractivity contribution in [3.8, 4) is 5.81 Å². The van der Waals surface area contributed by atoms with Crippen molar-refractivity contribution < 1.29 is 13.6 Å². The van der Waals surface area contributed by atoms with Crippen molar-refractivity contribution >= 4 is 7.60 Å². The van der Waals surface area contributed by atoms with Gasteiger partial charge in [-0.25, -0.2) is 4.57 Å². The smallest absolute Gasteiger partial charge is 0.304 e. The predicted molar refractivity (Wildman–Crippen MR) is 69.9 cm³/mol. The Kier molecular flexibility index (Phi) is 13.5. The van der Waals surface area contributed by atoms with E-state index in [0.29, 0.717) is 0 Å². The molecule has 0 aromatic carbocycles. The summed E-state index contributed by atoms with van der Waals surface area (Å²) in [5.74, 6) is 1.49. The normalized spacial score (nSPS) is 10.6. The van der Waals surface area contributed by atoms with Gasteiger partial charge in [0.2, 0.25) is 0 Å². The van der Waals surface area contributed by atoms with Crippen LogP contribution in [0.3, 0.4) is 0 Å². The Bertz CT molecular complexity index is 234. The lowest BCUT2D eigenvalue weighted by atomic mass is 10.5. The molecule has 6 heteroatoms. The van der Waals surface area contributed by atoms with Crippen LogP contribution in [0.2, 0.25) is 0 Å². The fourth-order valence-electron chi connectivity index (χ4n) is 1.11.